The predicted molar refractivity (Wildman–Crippen MR) is 65.3 cm³/mol. The normalized spacial score (nSPS) is 23.7. The lowest BCUT2D eigenvalue weighted by atomic mass is 9.99. The highest BCUT2D eigenvalue weighted by molar-refractivity contribution is 7.89. The van der Waals surface area contributed by atoms with Crippen LogP contribution in [0.1, 0.15) is 13.3 Å². The molecular formula is C12H14FNO4S. The largest absolute Gasteiger partial charge is 0.468 e. The van der Waals surface area contributed by atoms with Gasteiger partial charge in [0.05, 0.1) is 12.0 Å². The van der Waals surface area contributed by atoms with Crippen molar-refractivity contribution in [2.75, 3.05) is 7.11 Å². The molecule has 0 aromatic heterocycles. The minimum atomic E-state index is -3.81. The van der Waals surface area contributed by atoms with Gasteiger partial charge in [-0.25, -0.2) is 12.8 Å². The summed E-state index contributed by atoms with van der Waals surface area (Å²) in [6.07, 6.45) is 0.424. The minimum absolute atomic E-state index is 0.0330. The van der Waals surface area contributed by atoms with Crippen molar-refractivity contribution < 1.29 is 22.3 Å². The van der Waals surface area contributed by atoms with Gasteiger partial charge in [0.2, 0.25) is 10.0 Å². The van der Waals surface area contributed by atoms with Crippen molar-refractivity contribution in [1.82, 2.24) is 4.31 Å². The van der Waals surface area contributed by atoms with E-state index in [0.29, 0.717) is 6.42 Å². The third kappa shape index (κ3) is 2.35. The Hall–Kier alpha value is -1.47. The Morgan fingerprint density at radius 3 is 2.42 bits per heavy atom. The van der Waals surface area contributed by atoms with Gasteiger partial charge in [0.25, 0.3) is 0 Å². The predicted octanol–water partition coefficient (Wildman–Crippen LogP) is 1.15. The molecule has 104 valence electrons. The van der Waals surface area contributed by atoms with E-state index in [0.717, 1.165) is 16.4 Å². The average molecular weight is 287 g/mol. The molecule has 0 spiro atoms. The Labute approximate surface area is 111 Å². The van der Waals surface area contributed by atoms with Gasteiger partial charge in [0.1, 0.15) is 11.9 Å². The molecule has 0 bridgehead atoms. The van der Waals surface area contributed by atoms with Gasteiger partial charge in [-0.1, -0.05) is 0 Å². The number of halogens is 1. The van der Waals surface area contributed by atoms with Crippen LogP contribution >= 0.6 is 0 Å². The number of rotatable bonds is 3. The molecule has 0 amide bonds. The zero-order valence-corrected chi connectivity index (χ0v) is 11.4. The van der Waals surface area contributed by atoms with Crippen molar-refractivity contribution in [2.45, 2.75) is 30.3 Å². The lowest BCUT2D eigenvalue weighted by Crippen LogP contribution is -2.60. The van der Waals surface area contributed by atoms with E-state index < -0.39 is 27.9 Å². The van der Waals surface area contributed by atoms with E-state index in [2.05, 4.69) is 4.74 Å². The molecule has 1 saturated heterocycles. The van der Waals surface area contributed by atoms with Crippen molar-refractivity contribution >= 4 is 16.0 Å². The van der Waals surface area contributed by atoms with E-state index in [9.17, 15) is 17.6 Å². The molecule has 0 saturated carbocycles. The molecule has 2 atom stereocenters. The highest BCUT2D eigenvalue weighted by atomic mass is 32.2. The van der Waals surface area contributed by atoms with Crippen LogP contribution in [0.2, 0.25) is 0 Å². The fourth-order valence-electron chi connectivity index (χ4n) is 2.17. The number of carbonyl (C=O) groups excluding carboxylic acids is 1. The SMILES string of the molecule is COC(=O)[C@@H]1C[C@H](C)N1S(=O)(=O)c1ccc(F)cc1. The fourth-order valence-corrected chi connectivity index (χ4v) is 3.96. The van der Waals surface area contributed by atoms with E-state index in [4.69, 9.17) is 0 Å². The van der Waals surface area contributed by atoms with Crippen molar-refractivity contribution in [1.29, 1.82) is 0 Å². The number of methoxy groups -OCH3 is 1. The number of sulfonamides is 1. The topological polar surface area (TPSA) is 63.7 Å². The maximum Gasteiger partial charge on any atom is 0.324 e. The summed E-state index contributed by atoms with van der Waals surface area (Å²) in [7, 11) is -2.59. The number of hydrogen-bond donors (Lipinski definition) is 0. The minimum Gasteiger partial charge on any atom is -0.468 e. The second-order valence-electron chi connectivity index (χ2n) is 4.41. The van der Waals surface area contributed by atoms with Gasteiger partial charge >= 0.3 is 5.97 Å². The summed E-state index contributed by atoms with van der Waals surface area (Å²) >= 11 is 0. The number of benzene rings is 1. The molecule has 1 aliphatic heterocycles. The van der Waals surface area contributed by atoms with Gasteiger partial charge in [-0.05, 0) is 37.6 Å². The van der Waals surface area contributed by atoms with Crippen LogP contribution in [0.4, 0.5) is 4.39 Å². The molecule has 7 heteroatoms. The van der Waals surface area contributed by atoms with E-state index in [1.807, 2.05) is 0 Å². The van der Waals surface area contributed by atoms with Crippen LogP contribution < -0.4 is 0 Å². The third-order valence-corrected chi connectivity index (χ3v) is 5.21. The Balaban J connectivity index is 2.33. The number of esters is 1. The summed E-state index contributed by atoms with van der Waals surface area (Å²) in [6.45, 7) is 1.71. The maximum atomic E-state index is 12.8. The van der Waals surface area contributed by atoms with E-state index in [1.165, 1.54) is 19.2 Å². The number of ether oxygens (including phenoxy) is 1. The first-order valence-corrected chi connectivity index (χ1v) is 7.19. The van der Waals surface area contributed by atoms with Crippen molar-refractivity contribution in [3.8, 4) is 0 Å². The molecule has 0 N–H and O–H groups in total. The standard InChI is InChI=1S/C12H14FNO4S/c1-8-7-11(12(15)18-2)14(8)19(16,17)10-5-3-9(13)4-6-10/h3-6,8,11H,7H2,1-2H3/t8-,11-/m0/s1. The summed E-state index contributed by atoms with van der Waals surface area (Å²) in [5.74, 6) is -1.09. The second-order valence-corrected chi connectivity index (χ2v) is 6.26. The van der Waals surface area contributed by atoms with Crippen LogP contribution in [-0.2, 0) is 19.6 Å². The molecule has 0 radical (unpaired) electrons. The lowest BCUT2D eigenvalue weighted by Gasteiger charge is -2.43. The van der Waals surface area contributed by atoms with Gasteiger partial charge in [0, 0.05) is 6.04 Å². The van der Waals surface area contributed by atoms with E-state index in [1.54, 1.807) is 6.92 Å². The summed E-state index contributed by atoms with van der Waals surface area (Å²) in [6, 6.07) is 3.44. The Morgan fingerprint density at radius 2 is 1.95 bits per heavy atom. The van der Waals surface area contributed by atoms with Gasteiger partial charge in [-0.3, -0.25) is 4.79 Å². The average Bonchev–Trinajstić information content (AvgIpc) is 2.34. The highest BCUT2D eigenvalue weighted by Crippen LogP contribution is 2.33. The molecule has 0 unspecified atom stereocenters. The Kier molecular flexibility index (Phi) is 3.60. The summed E-state index contributed by atoms with van der Waals surface area (Å²) in [5.41, 5.74) is 0. The molecule has 1 aliphatic rings. The smallest absolute Gasteiger partial charge is 0.324 e. The molecule has 1 heterocycles. The van der Waals surface area contributed by atoms with Crippen LogP contribution in [0.25, 0.3) is 0 Å². The van der Waals surface area contributed by atoms with Crippen molar-refractivity contribution in [3.63, 3.8) is 0 Å². The van der Waals surface area contributed by atoms with Gasteiger partial charge in [-0.15, -0.1) is 0 Å². The summed E-state index contributed by atoms with van der Waals surface area (Å²) < 4.78 is 43.2. The zero-order valence-electron chi connectivity index (χ0n) is 10.5. The maximum absolute atomic E-state index is 12.8. The van der Waals surface area contributed by atoms with Gasteiger partial charge in [0.15, 0.2) is 0 Å². The number of hydrogen-bond acceptors (Lipinski definition) is 4. The Morgan fingerprint density at radius 1 is 1.37 bits per heavy atom. The number of carbonyl (C=O) groups is 1. The van der Waals surface area contributed by atoms with Crippen molar-refractivity contribution in [2.24, 2.45) is 0 Å². The molecule has 0 aliphatic carbocycles. The monoisotopic (exact) mass is 287 g/mol. The molecule has 1 aromatic carbocycles. The molecule has 2 rings (SSSR count). The van der Waals surface area contributed by atoms with E-state index >= 15 is 0 Å². The van der Waals surface area contributed by atoms with Crippen LogP contribution in [0, 0.1) is 5.82 Å². The molecule has 1 fully saturated rings. The van der Waals surface area contributed by atoms with Crippen LogP contribution in [0.15, 0.2) is 29.2 Å². The second kappa shape index (κ2) is 4.90. The molecule has 1 aromatic rings. The first kappa shape index (κ1) is 14.0. The molecule has 5 nitrogen and oxygen atoms in total. The molecule has 19 heavy (non-hydrogen) atoms. The molecular weight excluding hydrogens is 273 g/mol. The first-order chi connectivity index (χ1) is 8.87. The number of nitrogens with zero attached hydrogens (tertiary/aromatic N) is 1. The van der Waals surface area contributed by atoms with Crippen LogP contribution in [-0.4, -0.2) is 37.9 Å². The fraction of sp³-hybridized carbons (Fsp3) is 0.417. The highest BCUT2D eigenvalue weighted by Gasteiger charge is 2.48. The summed E-state index contributed by atoms with van der Waals surface area (Å²) in [4.78, 5) is 11.5. The van der Waals surface area contributed by atoms with Crippen LogP contribution in [0.5, 0.6) is 0 Å². The zero-order chi connectivity index (χ0) is 14.2. The Bertz CT molecular complexity index is 584. The quantitative estimate of drug-likeness (QED) is 0.782. The van der Waals surface area contributed by atoms with Gasteiger partial charge < -0.3 is 4.74 Å². The third-order valence-electron chi connectivity index (χ3n) is 3.17. The van der Waals surface area contributed by atoms with Gasteiger partial charge in [-0.2, -0.15) is 4.31 Å². The van der Waals surface area contributed by atoms with E-state index in [-0.39, 0.29) is 10.9 Å². The summed E-state index contributed by atoms with van der Waals surface area (Å²) in [5, 5.41) is 0. The lowest BCUT2D eigenvalue weighted by molar-refractivity contribution is -0.150. The van der Waals surface area contributed by atoms with Crippen LogP contribution in [0.3, 0.4) is 0 Å². The van der Waals surface area contributed by atoms with Crippen molar-refractivity contribution in [3.05, 3.63) is 30.1 Å². The first-order valence-electron chi connectivity index (χ1n) is 5.75.